The molecule has 1 aromatic carbocycles. The lowest BCUT2D eigenvalue weighted by Crippen LogP contribution is -2.31. The van der Waals surface area contributed by atoms with Crippen LogP contribution in [0.15, 0.2) is 24.3 Å². The Morgan fingerprint density at radius 1 is 1.40 bits per heavy atom. The molecule has 0 spiro atoms. The molecule has 0 radical (unpaired) electrons. The van der Waals surface area contributed by atoms with Crippen molar-refractivity contribution in [2.75, 3.05) is 0 Å². The summed E-state index contributed by atoms with van der Waals surface area (Å²) in [6.07, 6.45) is 0. The van der Waals surface area contributed by atoms with Gasteiger partial charge >= 0.3 is 0 Å². The second-order valence-corrected chi connectivity index (χ2v) is 5.50. The molecule has 1 heterocycles. The molecule has 3 nitrogen and oxygen atoms in total. The van der Waals surface area contributed by atoms with Crippen molar-refractivity contribution in [3.8, 4) is 0 Å². The standard InChI is InChI=1S/C15H19ClFN3/c1-10-7-12(3)20(19-10)9-11(2)18-8-13-14(16)5-4-6-15(13)17/h4-7,11,18H,8-9H2,1-3H3. The number of benzene rings is 1. The van der Waals surface area contributed by atoms with Crippen molar-refractivity contribution in [3.05, 3.63) is 52.1 Å². The van der Waals surface area contributed by atoms with Crippen LogP contribution in [0.5, 0.6) is 0 Å². The SMILES string of the molecule is Cc1cc(C)n(CC(C)NCc2c(F)cccc2Cl)n1. The number of hydrogen-bond donors (Lipinski definition) is 1. The lowest BCUT2D eigenvalue weighted by molar-refractivity contribution is 0.439. The third kappa shape index (κ3) is 3.58. The summed E-state index contributed by atoms with van der Waals surface area (Å²) in [6.45, 7) is 7.20. The molecule has 1 unspecified atom stereocenters. The zero-order chi connectivity index (χ0) is 14.7. The minimum absolute atomic E-state index is 0.170. The fourth-order valence-electron chi connectivity index (χ4n) is 2.16. The zero-order valence-corrected chi connectivity index (χ0v) is 12.7. The first-order chi connectivity index (χ1) is 9.47. The predicted molar refractivity (Wildman–Crippen MR) is 79.4 cm³/mol. The lowest BCUT2D eigenvalue weighted by Gasteiger charge is -2.16. The lowest BCUT2D eigenvalue weighted by atomic mass is 10.2. The van der Waals surface area contributed by atoms with Crippen molar-refractivity contribution < 1.29 is 4.39 Å². The fraction of sp³-hybridized carbons (Fsp3) is 0.400. The van der Waals surface area contributed by atoms with Gasteiger partial charge in [0.2, 0.25) is 0 Å². The summed E-state index contributed by atoms with van der Waals surface area (Å²) in [6, 6.07) is 6.95. The van der Waals surface area contributed by atoms with Crippen LogP contribution in [0.25, 0.3) is 0 Å². The number of aromatic nitrogens is 2. The Morgan fingerprint density at radius 2 is 2.15 bits per heavy atom. The van der Waals surface area contributed by atoms with E-state index in [1.165, 1.54) is 6.07 Å². The zero-order valence-electron chi connectivity index (χ0n) is 12.0. The minimum atomic E-state index is -0.275. The van der Waals surface area contributed by atoms with E-state index in [1.807, 2.05) is 31.5 Å². The van der Waals surface area contributed by atoms with E-state index in [1.54, 1.807) is 12.1 Å². The molecule has 0 aliphatic carbocycles. The quantitative estimate of drug-likeness (QED) is 0.915. The first kappa shape index (κ1) is 15.0. The van der Waals surface area contributed by atoms with E-state index in [-0.39, 0.29) is 11.9 Å². The van der Waals surface area contributed by atoms with Gasteiger partial charge in [0.05, 0.1) is 12.2 Å². The molecule has 0 saturated carbocycles. The van der Waals surface area contributed by atoms with Gasteiger partial charge in [-0.05, 0) is 39.0 Å². The first-order valence-electron chi connectivity index (χ1n) is 6.64. The molecule has 0 saturated heterocycles. The summed E-state index contributed by atoms with van der Waals surface area (Å²) in [4.78, 5) is 0. The molecule has 1 atom stereocenters. The molecule has 2 aromatic rings. The van der Waals surface area contributed by atoms with Crippen LogP contribution in [0.3, 0.4) is 0 Å². The van der Waals surface area contributed by atoms with Crippen molar-refractivity contribution >= 4 is 11.6 Å². The molecule has 2 rings (SSSR count). The molecular formula is C15H19ClFN3. The monoisotopic (exact) mass is 295 g/mol. The minimum Gasteiger partial charge on any atom is -0.308 e. The highest BCUT2D eigenvalue weighted by Crippen LogP contribution is 2.18. The van der Waals surface area contributed by atoms with Crippen LogP contribution in [-0.4, -0.2) is 15.8 Å². The van der Waals surface area contributed by atoms with Gasteiger partial charge in [-0.2, -0.15) is 5.10 Å². The summed E-state index contributed by atoms with van der Waals surface area (Å²) in [5.41, 5.74) is 2.64. The largest absolute Gasteiger partial charge is 0.308 e. The van der Waals surface area contributed by atoms with Gasteiger partial charge in [0.15, 0.2) is 0 Å². The van der Waals surface area contributed by atoms with Crippen molar-refractivity contribution in [3.63, 3.8) is 0 Å². The van der Waals surface area contributed by atoms with Gasteiger partial charge in [-0.1, -0.05) is 17.7 Å². The maximum absolute atomic E-state index is 13.7. The van der Waals surface area contributed by atoms with E-state index >= 15 is 0 Å². The van der Waals surface area contributed by atoms with E-state index in [9.17, 15) is 4.39 Å². The van der Waals surface area contributed by atoms with Gasteiger partial charge in [0.25, 0.3) is 0 Å². The van der Waals surface area contributed by atoms with E-state index < -0.39 is 0 Å². The summed E-state index contributed by atoms with van der Waals surface area (Å²) < 4.78 is 15.6. The highest BCUT2D eigenvalue weighted by Gasteiger charge is 2.10. The van der Waals surface area contributed by atoms with E-state index in [4.69, 9.17) is 11.6 Å². The van der Waals surface area contributed by atoms with E-state index in [2.05, 4.69) is 10.4 Å². The van der Waals surface area contributed by atoms with Crippen molar-refractivity contribution in [2.45, 2.75) is 39.9 Å². The van der Waals surface area contributed by atoms with Crippen LogP contribution in [0.1, 0.15) is 23.9 Å². The average molecular weight is 296 g/mol. The third-order valence-corrected chi connectivity index (χ3v) is 3.59. The Hall–Kier alpha value is -1.39. The van der Waals surface area contributed by atoms with Gasteiger partial charge in [0, 0.05) is 28.9 Å². The number of hydrogen-bond acceptors (Lipinski definition) is 2. The molecule has 0 aliphatic rings. The topological polar surface area (TPSA) is 29.9 Å². The van der Waals surface area contributed by atoms with Crippen LogP contribution >= 0.6 is 11.6 Å². The molecule has 0 bridgehead atoms. The van der Waals surface area contributed by atoms with Crippen LogP contribution in [-0.2, 0) is 13.1 Å². The Morgan fingerprint density at radius 3 is 2.75 bits per heavy atom. The molecule has 0 aliphatic heterocycles. The summed E-state index contributed by atoms with van der Waals surface area (Å²) in [7, 11) is 0. The van der Waals surface area contributed by atoms with Gasteiger partial charge in [0.1, 0.15) is 5.82 Å². The Balaban J connectivity index is 1.95. The maximum Gasteiger partial charge on any atom is 0.129 e. The highest BCUT2D eigenvalue weighted by molar-refractivity contribution is 6.31. The number of halogens is 2. The summed E-state index contributed by atoms with van der Waals surface area (Å²) in [5, 5.41) is 8.15. The van der Waals surface area contributed by atoms with Crippen LogP contribution < -0.4 is 5.32 Å². The third-order valence-electron chi connectivity index (χ3n) is 3.24. The molecule has 108 valence electrons. The highest BCUT2D eigenvalue weighted by atomic mass is 35.5. The molecular weight excluding hydrogens is 277 g/mol. The Labute approximate surface area is 123 Å². The molecule has 20 heavy (non-hydrogen) atoms. The molecule has 5 heteroatoms. The smallest absolute Gasteiger partial charge is 0.129 e. The maximum atomic E-state index is 13.7. The average Bonchev–Trinajstić information content (AvgIpc) is 2.67. The van der Waals surface area contributed by atoms with Crippen LogP contribution in [0.2, 0.25) is 5.02 Å². The first-order valence-corrected chi connectivity index (χ1v) is 7.02. The number of rotatable bonds is 5. The van der Waals surface area contributed by atoms with Crippen molar-refractivity contribution in [1.29, 1.82) is 0 Å². The number of nitrogens with one attached hydrogen (secondary N) is 1. The summed E-state index contributed by atoms with van der Waals surface area (Å²) in [5.74, 6) is -0.275. The normalized spacial score (nSPS) is 12.7. The van der Waals surface area contributed by atoms with Gasteiger partial charge in [-0.15, -0.1) is 0 Å². The molecule has 1 N–H and O–H groups in total. The second kappa shape index (κ2) is 6.37. The van der Waals surface area contributed by atoms with E-state index in [0.29, 0.717) is 17.1 Å². The van der Waals surface area contributed by atoms with Crippen LogP contribution in [0, 0.1) is 19.7 Å². The Bertz CT molecular complexity index is 575. The van der Waals surface area contributed by atoms with E-state index in [0.717, 1.165) is 17.9 Å². The van der Waals surface area contributed by atoms with Gasteiger partial charge in [-0.3, -0.25) is 4.68 Å². The predicted octanol–water partition coefficient (Wildman–Crippen LogP) is 3.47. The van der Waals surface area contributed by atoms with Crippen LogP contribution in [0.4, 0.5) is 4.39 Å². The molecule has 0 fully saturated rings. The van der Waals surface area contributed by atoms with Crippen molar-refractivity contribution in [2.24, 2.45) is 0 Å². The number of nitrogens with zero attached hydrogens (tertiary/aromatic N) is 2. The Kier molecular flexibility index (Phi) is 4.78. The summed E-state index contributed by atoms with van der Waals surface area (Å²) >= 11 is 6.00. The number of aryl methyl sites for hydroxylation is 2. The second-order valence-electron chi connectivity index (χ2n) is 5.09. The fourth-order valence-corrected chi connectivity index (χ4v) is 2.39. The molecule has 0 amide bonds. The van der Waals surface area contributed by atoms with Crippen molar-refractivity contribution in [1.82, 2.24) is 15.1 Å². The molecule has 1 aromatic heterocycles. The van der Waals surface area contributed by atoms with Gasteiger partial charge in [-0.25, -0.2) is 4.39 Å². The van der Waals surface area contributed by atoms with Gasteiger partial charge < -0.3 is 5.32 Å².